The summed E-state index contributed by atoms with van der Waals surface area (Å²) in [6, 6.07) is 9.07. The maximum Gasteiger partial charge on any atom is 0.223 e. The van der Waals surface area contributed by atoms with Crippen molar-refractivity contribution in [2.24, 2.45) is 0 Å². The summed E-state index contributed by atoms with van der Waals surface area (Å²) < 4.78 is 0. The number of rotatable bonds is 3. The molecule has 1 amide bonds. The lowest BCUT2D eigenvalue weighted by Gasteiger charge is -2.38. The fraction of sp³-hybridized carbons (Fsp3) is 0.350. The highest BCUT2D eigenvalue weighted by Gasteiger charge is 2.36. The quantitative estimate of drug-likeness (QED) is 0.854. The highest BCUT2D eigenvalue weighted by Crippen LogP contribution is 2.44. The molecule has 1 fully saturated rings. The first-order valence-corrected chi connectivity index (χ1v) is 9.45. The molecule has 0 radical (unpaired) electrons. The first-order valence-electron chi connectivity index (χ1n) is 8.51. The Bertz CT molecular complexity index is 781. The molecule has 0 saturated carbocycles. The number of amides is 1. The second-order valence-electron chi connectivity index (χ2n) is 6.78. The molecule has 124 valence electrons. The van der Waals surface area contributed by atoms with Crippen molar-refractivity contribution in [1.29, 1.82) is 0 Å². The topological polar surface area (TPSA) is 32.3 Å². The molecule has 0 aliphatic carbocycles. The first-order chi connectivity index (χ1) is 11.6. The van der Waals surface area contributed by atoms with E-state index in [4.69, 9.17) is 0 Å². The lowest BCUT2D eigenvalue weighted by molar-refractivity contribution is -0.130. The zero-order valence-corrected chi connectivity index (χ0v) is 14.7. The highest BCUT2D eigenvalue weighted by atomic mass is 32.1. The third-order valence-corrected chi connectivity index (χ3v) is 5.83. The molecule has 1 aromatic carbocycles. The molecule has 24 heavy (non-hydrogen) atoms. The summed E-state index contributed by atoms with van der Waals surface area (Å²) in [5.74, 6) is 0.289. The van der Waals surface area contributed by atoms with Crippen LogP contribution in [-0.2, 0) is 4.79 Å². The summed E-state index contributed by atoms with van der Waals surface area (Å²) in [5, 5.41) is 7.99. The van der Waals surface area contributed by atoms with Gasteiger partial charge in [-0.25, -0.2) is 0 Å². The van der Waals surface area contributed by atoms with Gasteiger partial charge in [-0.15, -0.1) is 0 Å². The second-order valence-corrected chi connectivity index (χ2v) is 7.56. The van der Waals surface area contributed by atoms with Gasteiger partial charge in [0.2, 0.25) is 5.91 Å². The predicted molar refractivity (Wildman–Crippen MR) is 100 cm³/mol. The van der Waals surface area contributed by atoms with Crippen molar-refractivity contribution in [3.63, 3.8) is 0 Å². The standard InChI is InChI=1S/C20H22N2OS/c1-13(2)14-5-6-17-16(10-14)19(22-8-3-4-20(22)23)11-18(21-17)15-7-9-24-12-15/h5-7,9-10,12,18-19,21H,1,3-4,8,11H2,2H3. The highest BCUT2D eigenvalue weighted by molar-refractivity contribution is 7.08. The molecule has 1 saturated heterocycles. The van der Waals surface area contributed by atoms with Gasteiger partial charge in [0.05, 0.1) is 12.1 Å². The van der Waals surface area contributed by atoms with Crippen LogP contribution >= 0.6 is 11.3 Å². The number of carbonyl (C=O) groups excluding carboxylic acids is 1. The van der Waals surface area contributed by atoms with Gasteiger partial charge in [0.15, 0.2) is 0 Å². The number of carbonyl (C=O) groups is 1. The van der Waals surface area contributed by atoms with Crippen LogP contribution in [0.15, 0.2) is 41.6 Å². The number of hydrogen-bond acceptors (Lipinski definition) is 3. The van der Waals surface area contributed by atoms with Crippen LogP contribution in [0.2, 0.25) is 0 Å². The second kappa shape index (κ2) is 6.10. The minimum atomic E-state index is 0.153. The lowest BCUT2D eigenvalue weighted by atomic mass is 9.87. The van der Waals surface area contributed by atoms with Crippen molar-refractivity contribution in [3.8, 4) is 0 Å². The van der Waals surface area contributed by atoms with E-state index in [1.807, 2.05) is 6.92 Å². The number of likely N-dealkylation sites (tertiary alicyclic amines) is 1. The Morgan fingerprint density at radius 3 is 2.92 bits per heavy atom. The van der Waals surface area contributed by atoms with Crippen LogP contribution in [0.25, 0.3) is 5.57 Å². The summed E-state index contributed by atoms with van der Waals surface area (Å²) in [4.78, 5) is 14.5. The van der Waals surface area contributed by atoms with Crippen LogP contribution < -0.4 is 5.32 Å². The molecule has 2 atom stereocenters. The number of anilines is 1. The van der Waals surface area contributed by atoms with Crippen LogP contribution in [0, 0.1) is 0 Å². The molecule has 1 aromatic heterocycles. The van der Waals surface area contributed by atoms with Gasteiger partial charge in [0, 0.05) is 18.7 Å². The van der Waals surface area contributed by atoms with Crippen molar-refractivity contribution in [2.45, 2.75) is 38.3 Å². The Morgan fingerprint density at radius 2 is 2.25 bits per heavy atom. The van der Waals surface area contributed by atoms with Crippen LogP contribution in [-0.4, -0.2) is 17.4 Å². The molecular weight excluding hydrogens is 316 g/mol. The summed E-state index contributed by atoms with van der Waals surface area (Å²) in [6.45, 7) is 6.97. The zero-order valence-electron chi connectivity index (χ0n) is 13.9. The minimum absolute atomic E-state index is 0.153. The van der Waals surface area contributed by atoms with E-state index in [9.17, 15) is 4.79 Å². The van der Waals surface area contributed by atoms with Gasteiger partial charge in [-0.3, -0.25) is 4.79 Å². The van der Waals surface area contributed by atoms with Crippen molar-refractivity contribution in [1.82, 2.24) is 4.90 Å². The Morgan fingerprint density at radius 1 is 1.38 bits per heavy atom. The van der Waals surface area contributed by atoms with Crippen molar-refractivity contribution in [3.05, 3.63) is 58.3 Å². The van der Waals surface area contributed by atoms with E-state index >= 15 is 0 Å². The van der Waals surface area contributed by atoms with E-state index in [2.05, 4.69) is 51.8 Å². The molecule has 1 N–H and O–H groups in total. The molecule has 3 nitrogen and oxygen atoms in total. The Hall–Kier alpha value is -2.07. The maximum atomic E-state index is 12.4. The van der Waals surface area contributed by atoms with Crippen LogP contribution in [0.3, 0.4) is 0 Å². The molecule has 2 aliphatic heterocycles. The summed E-state index contributed by atoms with van der Waals surface area (Å²) in [5.41, 5.74) is 5.90. The van der Waals surface area contributed by atoms with Crippen LogP contribution in [0.1, 0.15) is 55.0 Å². The van der Waals surface area contributed by atoms with Gasteiger partial charge >= 0.3 is 0 Å². The number of thiophene rings is 1. The van der Waals surface area contributed by atoms with E-state index in [-0.39, 0.29) is 18.0 Å². The van der Waals surface area contributed by atoms with Gasteiger partial charge in [-0.05, 0) is 65.4 Å². The number of allylic oxidation sites excluding steroid dienone is 1. The van der Waals surface area contributed by atoms with Gasteiger partial charge in [-0.2, -0.15) is 11.3 Å². The van der Waals surface area contributed by atoms with Crippen molar-refractivity contribution >= 4 is 28.5 Å². The van der Waals surface area contributed by atoms with E-state index in [1.54, 1.807) is 11.3 Å². The van der Waals surface area contributed by atoms with E-state index in [0.29, 0.717) is 6.42 Å². The van der Waals surface area contributed by atoms with Crippen LogP contribution in [0.5, 0.6) is 0 Å². The Balaban J connectivity index is 1.76. The molecule has 0 bridgehead atoms. The zero-order chi connectivity index (χ0) is 16.7. The number of nitrogens with one attached hydrogen (secondary N) is 1. The Labute approximate surface area is 147 Å². The number of hydrogen-bond donors (Lipinski definition) is 1. The number of benzene rings is 1. The predicted octanol–water partition coefficient (Wildman–Crippen LogP) is 5.00. The molecule has 0 spiro atoms. The van der Waals surface area contributed by atoms with Gasteiger partial charge < -0.3 is 10.2 Å². The number of fused-ring (bicyclic) bond motifs is 1. The maximum absolute atomic E-state index is 12.4. The average molecular weight is 338 g/mol. The molecule has 3 heterocycles. The lowest BCUT2D eigenvalue weighted by Crippen LogP contribution is -2.35. The molecule has 2 aromatic rings. The fourth-order valence-corrected chi connectivity index (χ4v) is 4.53. The van der Waals surface area contributed by atoms with E-state index in [0.717, 1.165) is 36.2 Å². The van der Waals surface area contributed by atoms with E-state index in [1.165, 1.54) is 11.1 Å². The average Bonchev–Trinajstić information content (AvgIpc) is 3.25. The summed E-state index contributed by atoms with van der Waals surface area (Å²) in [6.07, 6.45) is 2.58. The monoisotopic (exact) mass is 338 g/mol. The minimum Gasteiger partial charge on any atom is -0.378 e. The third-order valence-electron chi connectivity index (χ3n) is 5.12. The molecular formula is C20H22N2OS. The molecule has 2 aliphatic rings. The summed E-state index contributed by atoms with van der Waals surface area (Å²) >= 11 is 1.72. The van der Waals surface area contributed by atoms with Gasteiger partial charge in [0.25, 0.3) is 0 Å². The normalized spacial score (nSPS) is 23.0. The van der Waals surface area contributed by atoms with Crippen molar-refractivity contribution < 1.29 is 4.79 Å². The molecule has 2 unspecified atom stereocenters. The molecule has 4 heteroatoms. The Kier molecular flexibility index (Phi) is 3.93. The van der Waals surface area contributed by atoms with E-state index < -0.39 is 0 Å². The summed E-state index contributed by atoms with van der Waals surface area (Å²) in [7, 11) is 0. The SMILES string of the molecule is C=C(C)c1ccc2c(c1)C(N1CCCC1=O)CC(c1ccsc1)N2. The number of nitrogens with zero attached hydrogens (tertiary/aromatic N) is 1. The van der Waals surface area contributed by atoms with Gasteiger partial charge in [-0.1, -0.05) is 18.2 Å². The third kappa shape index (κ3) is 2.65. The smallest absolute Gasteiger partial charge is 0.223 e. The fourth-order valence-electron chi connectivity index (χ4n) is 3.82. The first kappa shape index (κ1) is 15.5. The van der Waals surface area contributed by atoms with Gasteiger partial charge in [0.1, 0.15) is 0 Å². The largest absolute Gasteiger partial charge is 0.378 e. The van der Waals surface area contributed by atoms with Crippen molar-refractivity contribution in [2.75, 3.05) is 11.9 Å². The molecule has 4 rings (SSSR count). The van der Waals surface area contributed by atoms with Crippen LogP contribution in [0.4, 0.5) is 5.69 Å².